The molecule has 2 fully saturated rings. The number of hydrogen-bond acceptors (Lipinski definition) is 4. The van der Waals surface area contributed by atoms with Crippen LogP contribution in [0.2, 0.25) is 0 Å². The predicted octanol–water partition coefficient (Wildman–Crippen LogP) is -0.867. The van der Waals surface area contributed by atoms with Crippen LogP contribution < -0.4 is 10.2 Å². The van der Waals surface area contributed by atoms with Crippen molar-refractivity contribution in [1.29, 1.82) is 0 Å². The van der Waals surface area contributed by atoms with E-state index in [1.807, 2.05) is 19.1 Å². The molecule has 148 valence electrons. The lowest BCUT2D eigenvalue weighted by atomic mass is 10.2. The maximum atomic E-state index is 13.0. The first kappa shape index (κ1) is 19.8. The van der Waals surface area contributed by atoms with E-state index in [2.05, 4.69) is 5.32 Å². The van der Waals surface area contributed by atoms with Gasteiger partial charge in [-0.05, 0) is 38.0 Å². The van der Waals surface area contributed by atoms with Gasteiger partial charge in [-0.3, -0.25) is 9.69 Å². The van der Waals surface area contributed by atoms with E-state index in [4.69, 9.17) is 0 Å². The van der Waals surface area contributed by atoms with E-state index < -0.39 is 10.0 Å². The molecule has 2 aliphatic heterocycles. The monoisotopic (exact) mass is 395 g/mol. The van der Waals surface area contributed by atoms with E-state index in [1.54, 1.807) is 19.9 Å². The average molecular weight is 396 g/mol. The Morgan fingerprint density at radius 3 is 2.44 bits per heavy atom. The Kier molecular flexibility index (Phi) is 5.55. The first-order chi connectivity index (χ1) is 12.7. The van der Waals surface area contributed by atoms with Crippen LogP contribution >= 0.6 is 0 Å². The number of sulfonamides is 1. The Bertz CT molecular complexity index is 847. The molecular formula is C18H27N4O4S+. The number of imide groups is 1. The van der Waals surface area contributed by atoms with Gasteiger partial charge < -0.3 is 10.2 Å². The highest BCUT2D eigenvalue weighted by atomic mass is 32.2. The Balaban J connectivity index is 1.67. The summed E-state index contributed by atoms with van der Waals surface area (Å²) in [6, 6.07) is 4.72. The summed E-state index contributed by atoms with van der Waals surface area (Å²) in [4.78, 5) is 26.9. The number of urea groups is 1. The fourth-order valence-electron chi connectivity index (χ4n) is 3.66. The highest BCUT2D eigenvalue weighted by Crippen LogP contribution is 2.21. The fraction of sp³-hybridized carbons (Fsp3) is 0.556. The molecule has 0 aromatic heterocycles. The SMILES string of the molecule is Cc1ccc(C)c(S(=O)(=O)N2CC[NH+]([C@H](C)C(=O)N3CCNC3=O)CC2)c1. The molecular weight excluding hydrogens is 368 g/mol. The van der Waals surface area contributed by atoms with Crippen molar-refractivity contribution in [2.24, 2.45) is 0 Å². The molecule has 2 saturated heterocycles. The molecule has 27 heavy (non-hydrogen) atoms. The van der Waals surface area contributed by atoms with Crippen molar-refractivity contribution in [3.63, 3.8) is 0 Å². The third-order valence-electron chi connectivity index (χ3n) is 5.43. The quantitative estimate of drug-likeness (QED) is 0.694. The number of nitrogens with one attached hydrogen (secondary N) is 2. The van der Waals surface area contributed by atoms with Gasteiger partial charge in [-0.15, -0.1) is 0 Å². The molecule has 2 aliphatic rings. The van der Waals surface area contributed by atoms with Crippen molar-refractivity contribution in [3.8, 4) is 0 Å². The number of aryl methyl sites for hydroxylation is 2. The topological polar surface area (TPSA) is 91.2 Å². The Hall–Kier alpha value is -1.97. The van der Waals surface area contributed by atoms with Gasteiger partial charge in [0.05, 0.1) is 31.1 Å². The van der Waals surface area contributed by atoms with Crippen LogP contribution in [0.25, 0.3) is 0 Å². The van der Waals surface area contributed by atoms with Gasteiger partial charge in [0.25, 0.3) is 5.91 Å². The molecule has 1 atom stereocenters. The van der Waals surface area contributed by atoms with Crippen LogP contribution in [0.3, 0.4) is 0 Å². The molecule has 3 rings (SSSR count). The van der Waals surface area contributed by atoms with Crippen molar-refractivity contribution >= 4 is 22.0 Å². The van der Waals surface area contributed by atoms with E-state index in [0.717, 1.165) is 16.0 Å². The zero-order valence-corrected chi connectivity index (χ0v) is 16.8. The maximum absolute atomic E-state index is 13.0. The van der Waals surface area contributed by atoms with E-state index in [-0.39, 0.29) is 18.0 Å². The summed E-state index contributed by atoms with van der Waals surface area (Å²) in [5.41, 5.74) is 1.64. The molecule has 0 saturated carbocycles. The van der Waals surface area contributed by atoms with Crippen LogP contribution in [0.4, 0.5) is 4.79 Å². The standard InChI is InChI=1S/C18H26N4O4S/c1-13-4-5-14(2)16(12-13)27(25,26)21-10-8-20(9-11-21)15(3)17(23)22-7-6-19-18(22)24/h4-5,12,15H,6-11H2,1-3H3,(H,19,24)/p+1/t15-/m1/s1. The summed E-state index contributed by atoms with van der Waals surface area (Å²) in [6.45, 7) is 8.13. The number of hydrogen-bond donors (Lipinski definition) is 2. The average Bonchev–Trinajstić information content (AvgIpc) is 3.08. The lowest BCUT2D eigenvalue weighted by Gasteiger charge is -2.35. The molecule has 1 aromatic carbocycles. The number of piperazine rings is 1. The van der Waals surface area contributed by atoms with Crippen molar-refractivity contribution in [2.75, 3.05) is 39.3 Å². The van der Waals surface area contributed by atoms with Gasteiger partial charge in [0, 0.05) is 13.1 Å². The van der Waals surface area contributed by atoms with Gasteiger partial charge in [0.1, 0.15) is 0 Å². The second-order valence-electron chi connectivity index (χ2n) is 7.27. The largest absolute Gasteiger partial charge is 0.336 e. The van der Waals surface area contributed by atoms with Gasteiger partial charge in [-0.1, -0.05) is 12.1 Å². The summed E-state index contributed by atoms with van der Waals surface area (Å²) in [5, 5.41) is 2.63. The first-order valence-electron chi connectivity index (χ1n) is 9.23. The van der Waals surface area contributed by atoms with Crippen molar-refractivity contribution in [1.82, 2.24) is 14.5 Å². The third-order valence-corrected chi connectivity index (χ3v) is 7.47. The Morgan fingerprint density at radius 1 is 1.19 bits per heavy atom. The number of carbonyl (C=O) groups excluding carboxylic acids is 2. The molecule has 1 aromatic rings. The minimum absolute atomic E-state index is 0.203. The number of amides is 3. The van der Waals surface area contributed by atoms with E-state index in [0.29, 0.717) is 44.2 Å². The third kappa shape index (κ3) is 3.85. The lowest BCUT2D eigenvalue weighted by Crippen LogP contribution is -3.19. The number of quaternary nitrogens is 1. The van der Waals surface area contributed by atoms with Gasteiger partial charge in [0.15, 0.2) is 6.04 Å². The van der Waals surface area contributed by atoms with Crippen LogP contribution in [0.5, 0.6) is 0 Å². The predicted molar refractivity (Wildman–Crippen MR) is 99.9 cm³/mol. The summed E-state index contributed by atoms with van der Waals surface area (Å²) >= 11 is 0. The number of rotatable bonds is 4. The number of nitrogens with zero attached hydrogens (tertiary/aromatic N) is 2. The Morgan fingerprint density at radius 2 is 1.85 bits per heavy atom. The lowest BCUT2D eigenvalue weighted by molar-refractivity contribution is -0.917. The number of benzene rings is 1. The molecule has 0 radical (unpaired) electrons. The van der Waals surface area contributed by atoms with Gasteiger partial charge in [-0.2, -0.15) is 4.31 Å². The van der Waals surface area contributed by atoms with Crippen LogP contribution in [0.1, 0.15) is 18.1 Å². The summed E-state index contributed by atoms with van der Waals surface area (Å²) in [6.07, 6.45) is 0. The second-order valence-corrected chi connectivity index (χ2v) is 9.18. The summed E-state index contributed by atoms with van der Waals surface area (Å²) < 4.78 is 27.5. The van der Waals surface area contributed by atoms with E-state index in [1.165, 1.54) is 9.21 Å². The maximum Gasteiger partial charge on any atom is 0.324 e. The molecule has 0 bridgehead atoms. The van der Waals surface area contributed by atoms with Crippen molar-refractivity contribution < 1.29 is 22.9 Å². The molecule has 0 spiro atoms. The summed E-state index contributed by atoms with van der Waals surface area (Å²) in [7, 11) is -3.55. The second kappa shape index (κ2) is 7.57. The molecule has 9 heteroatoms. The number of carbonyl (C=O) groups is 2. The minimum atomic E-state index is -3.55. The summed E-state index contributed by atoms with van der Waals surface area (Å²) in [5.74, 6) is -0.203. The van der Waals surface area contributed by atoms with Crippen LogP contribution in [-0.4, -0.2) is 74.9 Å². The van der Waals surface area contributed by atoms with Crippen molar-refractivity contribution in [3.05, 3.63) is 29.3 Å². The Labute approximate surface area is 160 Å². The highest BCUT2D eigenvalue weighted by Gasteiger charge is 2.38. The molecule has 2 N–H and O–H groups in total. The molecule has 0 unspecified atom stereocenters. The van der Waals surface area contributed by atoms with E-state index >= 15 is 0 Å². The fourth-order valence-corrected chi connectivity index (χ4v) is 5.41. The smallest absolute Gasteiger partial charge is 0.324 e. The van der Waals surface area contributed by atoms with Gasteiger partial charge in [0.2, 0.25) is 10.0 Å². The first-order valence-corrected chi connectivity index (χ1v) is 10.7. The van der Waals surface area contributed by atoms with Crippen LogP contribution in [0.15, 0.2) is 23.1 Å². The van der Waals surface area contributed by atoms with E-state index in [9.17, 15) is 18.0 Å². The minimum Gasteiger partial charge on any atom is -0.336 e. The molecule has 0 aliphatic carbocycles. The van der Waals surface area contributed by atoms with Crippen LogP contribution in [-0.2, 0) is 14.8 Å². The molecule has 3 amide bonds. The zero-order chi connectivity index (χ0) is 19.8. The van der Waals surface area contributed by atoms with Gasteiger partial charge >= 0.3 is 6.03 Å². The highest BCUT2D eigenvalue weighted by molar-refractivity contribution is 7.89. The normalized spacial score (nSPS) is 20.6. The molecule has 2 heterocycles. The molecule has 8 nitrogen and oxygen atoms in total. The van der Waals surface area contributed by atoms with Gasteiger partial charge in [-0.25, -0.2) is 13.2 Å². The van der Waals surface area contributed by atoms with Crippen molar-refractivity contribution in [2.45, 2.75) is 31.7 Å². The van der Waals surface area contributed by atoms with Crippen LogP contribution in [0, 0.1) is 13.8 Å². The zero-order valence-electron chi connectivity index (χ0n) is 16.0.